The van der Waals surface area contributed by atoms with Crippen molar-refractivity contribution >= 4 is 16.8 Å². The molecule has 0 N–H and O–H groups in total. The van der Waals surface area contributed by atoms with Gasteiger partial charge in [-0.25, -0.2) is 0 Å². The molecule has 1 aromatic carbocycles. The summed E-state index contributed by atoms with van der Waals surface area (Å²) >= 11 is 0. The molecule has 0 aliphatic carbocycles. The number of nitrogens with zero attached hydrogens (tertiary/aromatic N) is 5. The molecule has 3 aromatic rings. The number of carbonyl (C=O) groups excluding carboxylic acids is 1. The third-order valence-corrected chi connectivity index (χ3v) is 5.87. The average molecular weight is 436 g/mol. The van der Waals surface area contributed by atoms with E-state index in [0.29, 0.717) is 32.2 Å². The fourth-order valence-electron chi connectivity index (χ4n) is 4.36. The minimum atomic E-state index is -0.443. The first kappa shape index (κ1) is 22.4. The minimum absolute atomic E-state index is 0.0672. The number of hydrogen-bond acceptors (Lipinski definition) is 5. The topological polar surface area (TPSA) is 63.5 Å². The summed E-state index contributed by atoms with van der Waals surface area (Å²) in [6, 6.07) is 10.2. The van der Waals surface area contributed by atoms with E-state index in [4.69, 9.17) is 4.74 Å². The molecule has 0 spiro atoms. The molecule has 170 valence electrons. The molecule has 0 unspecified atom stereocenters. The fourth-order valence-corrected chi connectivity index (χ4v) is 4.36. The summed E-state index contributed by atoms with van der Waals surface area (Å²) in [6.07, 6.45) is 3.42. The molecule has 1 aliphatic rings. The van der Waals surface area contributed by atoms with Gasteiger partial charge in [0, 0.05) is 63.1 Å². The third kappa shape index (κ3) is 5.34. The molecular formula is C25H33N5O2. The number of amides is 1. The van der Waals surface area contributed by atoms with E-state index in [9.17, 15) is 4.79 Å². The molecule has 2 aromatic heterocycles. The average Bonchev–Trinajstić information content (AvgIpc) is 3.09. The van der Waals surface area contributed by atoms with Crippen molar-refractivity contribution in [1.29, 1.82) is 0 Å². The Morgan fingerprint density at radius 2 is 2.16 bits per heavy atom. The van der Waals surface area contributed by atoms with Gasteiger partial charge < -0.3 is 9.64 Å². The lowest BCUT2D eigenvalue weighted by Gasteiger charge is -2.35. The van der Waals surface area contributed by atoms with Crippen molar-refractivity contribution in [2.45, 2.75) is 40.0 Å². The van der Waals surface area contributed by atoms with E-state index in [-0.39, 0.29) is 5.91 Å². The molecule has 3 heterocycles. The summed E-state index contributed by atoms with van der Waals surface area (Å²) in [5.41, 5.74) is 4.31. The van der Waals surface area contributed by atoms with Crippen molar-refractivity contribution in [3.05, 3.63) is 59.5 Å². The van der Waals surface area contributed by atoms with Gasteiger partial charge in [-0.3, -0.25) is 19.4 Å². The number of benzene rings is 1. The van der Waals surface area contributed by atoms with Crippen molar-refractivity contribution < 1.29 is 9.53 Å². The SMILES string of the molecule is Cc1nn(C)cc1CN1CCO[C@@H](C(=O)N(Cc2ccc3ncccc3c2)CC(C)C)C1. The van der Waals surface area contributed by atoms with Gasteiger partial charge in [0.1, 0.15) is 6.10 Å². The Bertz CT molecular complexity index is 1080. The minimum Gasteiger partial charge on any atom is -0.366 e. The smallest absolute Gasteiger partial charge is 0.253 e. The second kappa shape index (κ2) is 9.79. The summed E-state index contributed by atoms with van der Waals surface area (Å²) in [5, 5.41) is 5.53. The second-order valence-electron chi connectivity index (χ2n) is 9.15. The predicted molar refractivity (Wildman–Crippen MR) is 125 cm³/mol. The second-order valence-corrected chi connectivity index (χ2v) is 9.15. The van der Waals surface area contributed by atoms with Crippen molar-refractivity contribution in [3.63, 3.8) is 0 Å². The number of aromatic nitrogens is 3. The maximum absolute atomic E-state index is 13.5. The van der Waals surface area contributed by atoms with Gasteiger partial charge in [0.15, 0.2) is 0 Å². The van der Waals surface area contributed by atoms with Crippen LogP contribution in [0.2, 0.25) is 0 Å². The maximum atomic E-state index is 13.5. The molecule has 4 rings (SSSR count). The van der Waals surface area contributed by atoms with E-state index in [1.54, 1.807) is 6.20 Å². The van der Waals surface area contributed by atoms with Crippen molar-refractivity contribution in [1.82, 2.24) is 24.6 Å². The van der Waals surface area contributed by atoms with Crippen molar-refractivity contribution in [3.8, 4) is 0 Å². The number of hydrogen-bond donors (Lipinski definition) is 0. The summed E-state index contributed by atoms with van der Waals surface area (Å²) in [5.74, 6) is 0.441. The zero-order chi connectivity index (χ0) is 22.7. The molecule has 1 aliphatic heterocycles. The van der Waals surface area contributed by atoms with Gasteiger partial charge in [-0.2, -0.15) is 5.10 Å². The molecule has 7 heteroatoms. The first-order valence-electron chi connectivity index (χ1n) is 11.3. The van der Waals surface area contributed by atoms with Crippen molar-refractivity contribution in [2.24, 2.45) is 13.0 Å². The van der Waals surface area contributed by atoms with Crippen LogP contribution in [0.5, 0.6) is 0 Å². The Morgan fingerprint density at radius 1 is 1.31 bits per heavy atom. The van der Waals surface area contributed by atoms with Crippen LogP contribution >= 0.6 is 0 Å². The molecule has 0 radical (unpaired) electrons. The zero-order valence-electron chi connectivity index (χ0n) is 19.5. The quantitative estimate of drug-likeness (QED) is 0.570. The molecule has 32 heavy (non-hydrogen) atoms. The summed E-state index contributed by atoms with van der Waals surface area (Å²) in [6.45, 7) is 10.4. The number of ether oxygens (including phenoxy) is 1. The monoisotopic (exact) mass is 435 g/mol. The normalized spacial score (nSPS) is 17.2. The third-order valence-electron chi connectivity index (χ3n) is 5.87. The van der Waals surface area contributed by atoms with Crippen LogP contribution in [-0.2, 0) is 29.7 Å². The number of pyridine rings is 1. The number of rotatable bonds is 7. The number of fused-ring (bicyclic) bond motifs is 1. The van der Waals surface area contributed by atoms with Gasteiger partial charge in [0.25, 0.3) is 5.91 Å². The van der Waals surface area contributed by atoms with Crippen LogP contribution in [0.1, 0.15) is 30.7 Å². The van der Waals surface area contributed by atoms with Crippen LogP contribution in [0.3, 0.4) is 0 Å². The summed E-state index contributed by atoms with van der Waals surface area (Å²) in [7, 11) is 1.94. The molecule has 1 saturated heterocycles. The highest BCUT2D eigenvalue weighted by molar-refractivity contribution is 5.82. The first-order valence-corrected chi connectivity index (χ1v) is 11.3. The molecule has 1 amide bonds. The lowest BCUT2D eigenvalue weighted by molar-refractivity contribution is -0.151. The van der Waals surface area contributed by atoms with Gasteiger partial charge in [-0.05, 0) is 36.6 Å². The van der Waals surface area contributed by atoms with Crippen LogP contribution in [0.4, 0.5) is 0 Å². The number of morpholine rings is 1. The van der Waals surface area contributed by atoms with Crippen LogP contribution in [0.25, 0.3) is 10.9 Å². The predicted octanol–water partition coefficient (Wildman–Crippen LogP) is 3.16. The largest absolute Gasteiger partial charge is 0.366 e. The van der Waals surface area contributed by atoms with Crippen molar-refractivity contribution in [2.75, 3.05) is 26.2 Å². The van der Waals surface area contributed by atoms with Crippen LogP contribution < -0.4 is 0 Å². The summed E-state index contributed by atoms with van der Waals surface area (Å²) in [4.78, 5) is 22.2. The molecule has 0 saturated carbocycles. The van der Waals surface area contributed by atoms with E-state index in [2.05, 4.69) is 53.2 Å². The Labute approximate surface area is 190 Å². The molecule has 1 fully saturated rings. The highest BCUT2D eigenvalue weighted by Gasteiger charge is 2.31. The van der Waals surface area contributed by atoms with Gasteiger partial charge in [0.05, 0.1) is 17.8 Å². The standard InChI is InChI=1S/C25H33N5O2/c1-18(2)13-30(14-20-7-8-23-21(12-20)6-5-9-26-23)25(31)24-17-29(10-11-32-24)16-22-15-28(4)27-19(22)3/h5-9,12,15,18,24H,10-11,13-14,16-17H2,1-4H3/t24-/m1/s1. The van der Waals surface area contributed by atoms with Crippen LogP contribution in [0, 0.1) is 12.8 Å². The molecule has 1 atom stereocenters. The van der Waals surface area contributed by atoms with Crippen LogP contribution in [0.15, 0.2) is 42.7 Å². The molecular weight excluding hydrogens is 402 g/mol. The molecule has 7 nitrogen and oxygen atoms in total. The van der Waals surface area contributed by atoms with Gasteiger partial charge in [0.2, 0.25) is 0 Å². The highest BCUT2D eigenvalue weighted by Crippen LogP contribution is 2.19. The zero-order valence-corrected chi connectivity index (χ0v) is 19.5. The van der Waals surface area contributed by atoms with E-state index in [1.165, 1.54) is 5.56 Å². The Morgan fingerprint density at radius 3 is 2.91 bits per heavy atom. The van der Waals surface area contributed by atoms with Gasteiger partial charge in [-0.15, -0.1) is 0 Å². The van der Waals surface area contributed by atoms with E-state index < -0.39 is 6.10 Å². The Hall–Kier alpha value is -2.77. The lowest BCUT2D eigenvalue weighted by atomic mass is 10.1. The highest BCUT2D eigenvalue weighted by atomic mass is 16.5. The Balaban J connectivity index is 1.47. The van der Waals surface area contributed by atoms with Crippen LogP contribution in [-0.4, -0.2) is 62.8 Å². The lowest BCUT2D eigenvalue weighted by Crippen LogP contribution is -2.51. The summed E-state index contributed by atoms with van der Waals surface area (Å²) < 4.78 is 7.79. The maximum Gasteiger partial charge on any atom is 0.253 e. The van der Waals surface area contributed by atoms with Gasteiger partial charge in [-0.1, -0.05) is 26.0 Å². The number of carbonyl (C=O) groups is 1. The van der Waals surface area contributed by atoms with Gasteiger partial charge >= 0.3 is 0 Å². The fraction of sp³-hybridized carbons (Fsp3) is 0.480. The number of aryl methyl sites for hydroxylation is 2. The molecule has 0 bridgehead atoms. The van der Waals surface area contributed by atoms with E-state index in [0.717, 1.165) is 35.2 Å². The van der Waals surface area contributed by atoms with E-state index >= 15 is 0 Å². The van der Waals surface area contributed by atoms with E-state index in [1.807, 2.05) is 35.7 Å². The first-order chi connectivity index (χ1) is 15.4. The Kier molecular flexibility index (Phi) is 6.86.